The zero-order valence-electron chi connectivity index (χ0n) is 15.3. The zero-order valence-corrected chi connectivity index (χ0v) is 15.3. The van der Waals surface area contributed by atoms with Crippen LogP contribution in [-0.2, 0) is 4.79 Å². The van der Waals surface area contributed by atoms with E-state index in [9.17, 15) is 9.90 Å². The number of amides is 1. The van der Waals surface area contributed by atoms with Crippen LogP contribution in [0.2, 0.25) is 0 Å². The molecule has 1 atom stereocenters. The van der Waals surface area contributed by atoms with Crippen LogP contribution in [0.3, 0.4) is 0 Å². The molecule has 1 amide bonds. The Morgan fingerprint density at radius 1 is 1.29 bits per heavy atom. The number of likely N-dealkylation sites (N-methyl/N-ethyl adjacent to an activating group) is 1. The molecule has 1 aromatic carbocycles. The Morgan fingerprint density at radius 3 is 2.67 bits per heavy atom. The molecule has 1 fully saturated rings. The normalized spacial score (nSPS) is 16.1. The number of hydrogen-bond donors (Lipinski definition) is 1. The van der Waals surface area contributed by atoms with Crippen molar-refractivity contribution in [3.8, 4) is 5.75 Å². The van der Waals surface area contributed by atoms with E-state index < -0.39 is 6.10 Å². The molecule has 1 unspecified atom stereocenters. The SMILES string of the molecule is Cc1ccc(C)c(OCC(O)CN(C)CCN2CCCC2=O)c1C. The molecule has 2 rings (SSSR count). The fraction of sp³-hybridized carbons (Fsp3) is 0.632. The fourth-order valence-electron chi connectivity index (χ4n) is 3.06. The second-order valence-corrected chi connectivity index (χ2v) is 6.86. The minimum Gasteiger partial charge on any atom is -0.490 e. The van der Waals surface area contributed by atoms with Crippen molar-refractivity contribution in [2.24, 2.45) is 0 Å². The third-order valence-corrected chi connectivity index (χ3v) is 4.74. The van der Waals surface area contributed by atoms with Crippen LogP contribution in [0.25, 0.3) is 0 Å². The van der Waals surface area contributed by atoms with Crippen molar-refractivity contribution < 1.29 is 14.6 Å². The van der Waals surface area contributed by atoms with Gasteiger partial charge in [0.25, 0.3) is 0 Å². The predicted molar refractivity (Wildman–Crippen MR) is 95.5 cm³/mol. The Bertz CT molecular complexity index is 574. The van der Waals surface area contributed by atoms with Crippen LogP contribution in [-0.4, -0.2) is 66.8 Å². The van der Waals surface area contributed by atoms with E-state index >= 15 is 0 Å². The molecule has 1 N–H and O–H groups in total. The first kappa shape index (κ1) is 18.7. The molecule has 0 bridgehead atoms. The van der Waals surface area contributed by atoms with Crippen LogP contribution >= 0.6 is 0 Å². The van der Waals surface area contributed by atoms with Crippen LogP contribution in [0.15, 0.2) is 12.1 Å². The van der Waals surface area contributed by atoms with Crippen molar-refractivity contribution in [1.29, 1.82) is 0 Å². The maximum atomic E-state index is 11.6. The van der Waals surface area contributed by atoms with Gasteiger partial charge < -0.3 is 19.6 Å². The van der Waals surface area contributed by atoms with E-state index in [-0.39, 0.29) is 12.5 Å². The van der Waals surface area contributed by atoms with Gasteiger partial charge in [-0.2, -0.15) is 0 Å². The summed E-state index contributed by atoms with van der Waals surface area (Å²) in [5.41, 5.74) is 3.41. The molecule has 134 valence electrons. The Kier molecular flexibility index (Phi) is 6.63. The minimum atomic E-state index is -0.552. The third kappa shape index (κ3) is 4.95. The van der Waals surface area contributed by atoms with Gasteiger partial charge in [-0.25, -0.2) is 0 Å². The van der Waals surface area contributed by atoms with Gasteiger partial charge in [-0.3, -0.25) is 4.79 Å². The highest BCUT2D eigenvalue weighted by molar-refractivity contribution is 5.78. The highest BCUT2D eigenvalue weighted by Gasteiger charge is 2.20. The molecule has 5 nitrogen and oxygen atoms in total. The second-order valence-electron chi connectivity index (χ2n) is 6.86. The summed E-state index contributed by atoms with van der Waals surface area (Å²) >= 11 is 0. The Balaban J connectivity index is 1.75. The van der Waals surface area contributed by atoms with Crippen LogP contribution in [0.4, 0.5) is 0 Å². The Hall–Kier alpha value is -1.59. The van der Waals surface area contributed by atoms with Gasteiger partial charge in [-0.1, -0.05) is 12.1 Å². The molecule has 0 aliphatic carbocycles. The largest absolute Gasteiger partial charge is 0.490 e. The number of aliphatic hydroxyl groups is 1. The summed E-state index contributed by atoms with van der Waals surface area (Å²) < 4.78 is 5.86. The summed E-state index contributed by atoms with van der Waals surface area (Å²) in [7, 11) is 1.97. The second kappa shape index (κ2) is 8.49. The van der Waals surface area contributed by atoms with Crippen molar-refractivity contribution in [3.63, 3.8) is 0 Å². The van der Waals surface area contributed by atoms with E-state index in [0.29, 0.717) is 13.0 Å². The molecule has 0 aromatic heterocycles. The Labute approximate surface area is 145 Å². The number of likely N-dealkylation sites (tertiary alicyclic amines) is 1. The van der Waals surface area contributed by atoms with Gasteiger partial charge in [0.15, 0.2) is 0 Å². The zero-order chi connectivity index (χ0) is 17.7. The minimum absolute atomic E-state index is 0.248. The molecular formula is C19H30N2O3. The highest BCUT2D eigenvalue weighted by Crippen LogP contribution is 2.25. The quantitative estimate of drug-likeness (QED) is 0.789. The van der Waals surface area contributed by atoms with Gasteiger partial charge in [0.05, 0.1) is 0 Å². The first-order chi connectivity index (χ1) is 11.4. The van der Waals surface area contributed by atoms with Gasteiger partial charge in [-0.05, 0) is 50.9 Å². The van der Waals surface area contributed by atoms with Crippen molar-refractivity contribution in [3.05, 3.63) is 28.8 Å². The van der Waals surface area contributed by atoms with E-state index in [0.717, 1.165) is 42.9 Å². The first-order valence-electron chi connectivity index (χ1n) is 8.72. The topological polar surface area (TPSA) is 53.0 Å². The first-order valence-corrected chi connectivity index (χ1v) is 8.72. The molecule has 1 aromatic rings. The number of hydrogen-bond acceptors (Lipinski definition) is 4. The standard InChI is InChI=1S/C19H30N2O3/c1-14-7-8-15(2)19(16(14)3)24-13-17(22)12-20(4)10-11-21-9-5-6-18(21)23/h7-8,17,22H,5-6,9-13H2,1-4H3. The van der Waals surface area contributed by atoms with Crippen LogP contribution in [0.5, 0.6) is 5.75 Å². The van der Waals surface area contributed by atoms with Crippen molar-refractivity contribution >= 4 is 5.91 Å². The van der Waals surface area contributed by atoms with Gasteiger partial charge >= 0.3 is 0 Å². The van der Waals surface area contributed by atoms with Gasteiger partial charge in [0.1, 0.15) is 18.5 Å². The molecule has 0 saturated carbocycles. The van der Waals surface area contributed by atoms with Crippen molar-refractivity contribution in [2.75, 3.05) is 39.8 Å². The summed E-state index contributed by atoms with van der Waals surface area (Å²) in [6.07, 6.45) is 1.09. The molecule has 1 aliphatic heterocycles. The van der Waals surface area contributed by atoms with Gasteiger partial charge in [0, 0.05) is 32.6 Å². The monoisotopic (exact) mass is 334 g/mol. The van der Waals surface area contributed by atoms with Crippen LogP contribution < -0.4 is 4.74 Å². The number of benzene rings is 1. The summed E-state index contributed by atoms with van der Waals surface area (Å²) in [5.74, 6) is 1.12. The molecule has 5 heteroatoms. The van der Waals surface area contributed by atoms with Crippen molar-refractivity contribution in [1.82, 2.24) is 9.80 Å². The number of aliphatic hydroxyl groups excluding tert-OH is 1. The van der Waals surface area contributed by atoms with E-state index in [4.69, 9.17) is 4.74 Å². The Morgan fingerprint density at radius 2 is 2.00 bits per heavy atom. The lowest BCUT2D eigenvalue weighted by Crippen LogP contribution is -2.38. The van der Waals surface area contributed by atoms with Crippen LogP contribution in [0.1, 0.15) is 29.5 Å². The number of rotatable bonds is 8. The van der Waals surface area contributed by atoms with Crippen molar-refractivity contribution in [2.45, 2.75) is 39.7 Å². The lowest BCUT2D eigenvalue weighted by atomic mass is 10.1. The van der Waals surface area contributed by atoms with Gasteiger partial charge in [0.2, 0.25) is 5.91 Å². The molecule has 1 aliphatic rings. The lowest BCUT2D eigenvalue weighted by molar-refractivity contribution is -0.127. The lowest BCUT2D eigenvalue weighted by Gasteiger charge is -2.24. The maximum absolute atomic E-state index is 11.6. The highest BCUT2D eigenvalue weighted by atomic mass is 16.5. The van der Waals surface area contributed by atoms with E-state index in [1.54, 1.807) is 0 Å². The summed E-state index contributed by atoms with van der Waals surface area (Å²) in [5, 5.41) is 10.2. The maximum Gasteiger partial charge on any atom is 0.222 e. The van der Waals surface area contributed by atoms with Gasteiger partial charge in [-0.15, -0.1) is 0 Å². The summed E-state index contributed by atoms with van der Waals surface area (Å²) in [6.45, 7) is 9.31. The average molecular weight is 334 g/mol. The number of ether oxygens (including phenoxy) is 1. The molecule has 24 heavy (non-hydrogen) atoms. The smallest absolute Gasteiger partial charge is 0.222 e. The van der Waals surface area contributed by atoms with E-state index in [1.807, 2.05) is 31.9 Å². The fourth-order valence-corrected chi connectivity index (χ4v) is 3.06. The molecule has 1 saturated heterocycles. The van der Waals surface area contributed by atoms with E-state index in [1.165, 1.54) is 5.56 Å². The molecule has 1 heterocycles. The summed E-state index contributed by atoms with van der Waals surface area (Å²) in [4.78, 5) is 15.6. The molecule has 0 spiro atoms. The number of nitrogens with zero attached hydrogens (tertiary/aromatic N) is 2. The van der Waals surface area contributed by atoms with Crippen LogP contribution in [0, 0.1) is 20.8 Å². The molecular weight excluding hydrogens is 304 g/mol. The number of carbonyl (C=O) groups excluding carboxylic acids is 1. The van der Waals surface area contributed by atoms with E-state index in [2.05, 4.69) is 17.9 Å². The third-order valence-electron chi connectivity index (χ3n) is 4.74. The number of aryl methyl sites for hydroxylation is 2. The number of carbonyl (C=O) groups is 1. The summed E-state index contributed by atoms with van der Waals surface area (Å²) in [6, 6.07) is 4.13. The predicted octanol–water partition coefficient (Wildman–Crippen LogP) is 1.91. The average Bonchev–Trinajstić information content (AvgIpc) is 2.94. The molecule has 0 radical (unpaired) electrons.